The molecule has 1 saturated heterocycles. The first-order valence-electron chi connectivity index (χ1n) is 5.48. The summed E-state index contributed by atoms with van der Waals surface area (Å²) in [4.78, 5) is 0. The number of hydrogen-bond acceptors (Lipinski definition) is 2. The molecular weight excluding hydrogens is 225 g/mol. The normalized spacial score (nSPS) is 36.4. The summed E-state index contributed by atoms with van der Waals surface area (Å²) in [5.74, 6) is 1.40. The smallest absolute Gasteiger partial charge is 0.123 e. The van der Waals surface area contributed by atoms with Gasteiger partial charge in [-0.15, -0.1) is 0 Å². The van der Waals surface area contributed by atoms with Gasteiger partial charge in [0, 0.05) is 33.5 Å². The highest BCUT2D eigenvalue weighted by Crippen LogP contribution is 2.43. The highest BCUT2D eigenvalue weighted by molar-refractivity contribution is 7.85. The molecule has 2 nitrogen and oxygen atoms in total. The third kappa shape index (κ3) is 1.56. The molecule has 0 saturated carbocycles. The minimum Gasteiger partial charge on any atom is -0.379 e. The molecule has 1 aromatic rings. The van der Waals surface area contributed by atoms with Gasteiger partial charge in [-0.25, -0.2) is 4.39 Å². The summed E-state index contributed by atoms with van der Waals surface area (Å²) >= 11 is 0. The van der Waals surface area contributed by atoms with Crippen LogP contribution in [0.25, 0.3) is 0 Å². The molecule has 2 aliphatic heterocycles. The maximum absolute atomic E-state index is 13.2. The van der Waals surface area contributed by atoms with Gasteiger partial charge in [0.2, 0.25) is 0 Å². The molecule has 2 heterocycles. The Hall–Kier alpha value is -0.900. The Bertz CT molecular complexity index is 476. The fourth-order valence-corrected chi connectivity index (χ4v) is 4.66. The summed E-state index contributed by atoms with van der Waals surface area (Å²) in [6.45, 7) is 2.10. The molecule has 2 bridgehead atoms. The van der Waals surface area contributed by atoms with Crippen molar-refractivity contribution in [2.24, 2.45) is 0 Å². The third-order valence-electron chi connectivity index (χ3n) is 3.45. The zero-order chi connectivity index (χ0) is 11.3. The van der Waals surface area contributed by atoms with E-state index in [1.165, 1.54) is 6.07 Å². The molecule has 86 valence electrons. The first kappa shape index (κ1) is 10.3. The molecule has 3 unspecified atom stereocenters. The first-order chi connectivity index (χ1) is 7.56. The van der Waals surface area contributed by atoms with Crippen molar-refractivity contribution in [2.45, 2.75) is 24.8 Å². The minimum absolute atomic E-state index is 0.0847. The summed E-state index contributed by atoms with van der Waals surface area (Å²) in [7, 11) is -0.787. The molecular formula is C12H14FNOS. The number of nitrogens with one attached hydrogen (secondary N) is 1. The Balaban J connectivity index is 2.10. The number of anilines is 1. The lowest BCUT2D eigenvalue weighted by atomic mass is 9.81. The van der Waals surface area contributed by atoms with Gasteiger partial charge in [0.05, 0.1) is 0 Å². The molecule has 2 aliphatic rings. The van der Waals surface area contributed by atoms with Crippen molar-refractivity contribution in [1.29, 1.82) is 0 Å². The average Bonchev–Trinajstić information content (AvgIpc) is 2.17. The van der Waals surface area contributed by atoms with Crippen molar-refractivity contribution in [2.75, 3.05) is 16.8 Å². The molecule has 1 aromatic carbocycles. The lowest BCUT2D eigenvalue weighted by molar-refractivity contribution is 0.440. The summed E-state index contributed by atoms with van der Waals surface area (Å²) in [5.41, 5.74) is 1.92. The summed E-state index contributed by atoms with van der Waals surface area (Å²) in [6.07, 6.45) is 0.954. The predicted molar refractivity (Wildman–Crippen MR) is 63.7 cm³/mol. The first-order valence-corrected chi connectivity index (χ1v) is 6.97. The van der Waals surface area contributed by atoms with Gasteiger partial charge in [0.15, 0.2) is 0 Å². The summed E-state index contributed by atoms with van der Waals surface area (Å²) in [6, 6.07) is 4.85. The minimum atomic E-state index is -0.787. The van der Waals surface area contributed by atoms with E-state index in [-0.39, 0.29) is 17.3 Å². The van der Waals surface area contributed by atoms with Crippen LogP contribution < -0.4 is 5.32 Å². The number of hydrogen-bond donors (Lipinski definition) is 1. The van der Waals surface area contributed by atoms with Crippen LogP contribution in [0.4, 0.5) is 10.1 Å². The van der Waals surface area contributed by atoms with Gasteiger partial charge >= 0.3 is 0 Å². The fraction of sp³-hybridized carbons (Fsp3) is 0.500. The zero-order valence-corrected chi connectivity index (χ0v) is 9.94. The number of halogens is 1. The second kappa shape index (κ2) is 3.29. The van der Waals surface area contributed by atoms with Crippen LogP contribution in [0.15, 0.2) is 18.2 Å². The van der Waals surface area contributed by atoms with Gasteiger partial charge in [-0.05, 0) is 43.0 Å². The molecule has 0 aromatic heterocycles. The largest absolute Gasteiger partial charge is 0.379 e. The Morgan fingerprint density at radius 2 is 2.38 bits per heavy atom. The molecule has 16 heavy (non-hydrogen) atoms. The van der Waals surface area contributed by atoms with E-state index in [0.717, 1.165) is 17.7 Å². The molecule has 1 N–H and O–H groups in total. The fourth-order valence-electron chi connectivity index (χ4n) is 2.90. The van der Waals surface area contributed by atoms with Crippen molar-refractivity contribution < 1.29 is 8.60 Å². The monoisotopic (exact) mass is 239 g/mol. The molecule has 0 aliphatic carbocycles. The van der Waals surface area contributed by atoms with Crippen LogP contribution in [-0.4, -0.2) is 21.3 Å². The highest BCUT2D eigenvalue weighted by atomic mass is 32.2. The Labute approximate surface area is 96.7 Å². The van der Waals surface area contributed by atoms with E-state index in [2.05, 4.69) is 12.2 Å². The van der Waals surface area contributed by atoms with Crippen LogP contribution in [0.5, 0.6) is 0 Å². The molecule has 0 radical (unpaired) electrons. The zero-order valence-electron chi connectivity index (χ0n) is 9.13. The molecule has 1 fully saturated rings. The van der Waals surface area contributed by atoms with Crippen LogP contribution in [0, 0.1) is 5.82 Å². The number of benzene rings is 1. The van der Waals surface area contributed by atoms with Gasteiger partial charge in [-0.1, -0.05) is 0 Å². The Kier molecular flexibility index (Phi) is 2.11. The topological polar surface area (TPSA) is 29.1 Å². The second-order valence-electron chi connectivity index (χ2n) is 5.07. The highest BCUT2D eigenvalue weighted by Gasteiger charge is 2.41. The Morgan fingerprint density at radius 1 is 1.56 bits per heavy atom. The maximum atomic E-state index is 13.2. The Morgan fingerprint density at radius 3 is 3.19 bits per heavy atom. The van der Waals surface area contributed by atoms with E-state index in [9.17, 15) is 8.60 Å². The van der Waals surface area contributed by atoms with Crippen LogP contribution in [-0.2, 0) is 10.8 Å². The summed E-state index contributed by atoms with van der Waals surface area (Å²) < 4.78 is 25.0. The molecule has 3 atom stereocenters. The lowest BCUT2D eigenvalue weighted by Gasteiger charge is -2.44. The van der Waals surface area contributed by atoms with Crippen molar-refractivity contribution in [3.8, 4) is 0 Å². The average molecular weight is 239 g/mol. The van der Waals surface area contributed by atoms with E-state index < -0.39 is 10.8 Å². The van der Waals surface area contributed by atoms with Gasteiger partial charge < -0.3 is 5.32 Å². The van der Waals surface area contributed by atoms with Crippen molar-refractivity contribution in [1.82, 2.24) is 0 Å². The quantitative estimate of drug-likeness (QED) is 0.752. The summed E-state index contributed by atoms with van der Waals surface area (Å²) in [5, 5.41) is 3.40. The third-order valence-corrected chi connectivity index (χ3v) is 5.19. The molecule has 0 spiro atoms. The van der Waals surface area contributed by atoms with Gasteiger partial charge in [-0.2, -0.15) is 0 Å². The van der Waals surface area contributed by atoms with Crippen LogP contribution in [0.1, 0.15) is 24.8 Å². The second-order valence-corrected chi connectivity index (χ2v) is 6.57. The number of fused-ring (bicyclic) bond motifs is 4. The van der Waals surface area contributed by atoms with E-state index >= 15 is 0 Å². The van der Waals surface area contributed by atoms with E-state index in [1.807, 2.05) is 0 Å². The molecule has 3 rings (SSSR count). The van der Waals surface area contributed by atoms with Gasteiger partial charge in [-0.3, -0.25) is 4.21 Å². The SMILES string of the molecule is CC12CC(CS(=O)C1)c1cc(F)ccc1N2. The van der Waals surface area contributed by atoms with Crippen molar-refractivity contribution >= 4 is 16.5 Å². The lowest BCUT2D eigenvalue weighted by Crippen LogP contribution is -2.49. The van der Waals surface area contributed by atoms with Gasteiger partial charge in [0.25, 0.3) is 0 Å². The molecule has 0 amide bonds. The standard InChI is InChI=1S/C12H14FNOS/c1-12-5-8(6-16(15)7-12)10-4-9(13)2-3-11(10)14-12/h2-4,8,14H,5-7H2,1H3. The van der Waals surface area contributed by atoms with Gasteiger partial charge in [0.1, 0.15) is 5.82 Å². The number of rotatable bonds is 0. The maximum Gasteiger partial charge on any atom is 0.123 e. The van der Waals surface area contributed by atoms with E-state index in [4.69, 9.17) is 0 Å². The predicted octanol–water partition coefficient (Wildman–Crippen LogP) is 2.25. The van der Waals surface area contributed by atoms with Crippen LogP contribution in [0.3, 0.4) is 0 Å². The van der Waals surface area contributed by atoms with E-state index in [1.54, 1.807) is 12.1 Å². The van der Waals surface area contributed by atoms with Crippen LogP contribution in [0.2, 0.25) is 0 Å². The molecule has 4 heteroatoms. The van der Waals surface area contributed by atoms with Crippen molar-refractivity contribution in [3.63, 3.8) is 0 Å². The van der Waals surface area contributed by atoms with Crippen LogP contribution >= 0.6 is 0 Å². The van der Waals surface area contributed by atoms with Crippen molar-refractivity contribution in [3.05, 3.63) is 29.6 Å². The van der Waals surface area contributed by atoms with E-state index in [0.29, 0.717) is 11.5 Å².